The van der Waals surface area contributed by atoms with Crippen LogP contribution in [-0.2, 0) is 16.1 Å². The first-order valence-electron chi connectivity index (χ1n) is 7.87. The minimum Gasteiger partial charge on any atom is -0.356 e. The molecule has 0 saturated carbocycles. The van der Waals surface area contributed by atoms with Crippen molar-refractivity contribution in [3.63, 3.8) is 0 Å². The second-order valence-corrected chi connectivity index (χ2v) is 6.07. The number of amides is 2. The Bertz CT molecular complexity index is 578. The summed E-state index contributed by atoms with van der Waals surface area (Å²) in [5.74, 6) is -1.80. The van der Waals surface area contributed by atoms with E-state index in [4.69, 9.17) is 0 Å². The van der Waals surface area contributed by atoms with E-state index in [1.165, 1.54) is 0 Å². The number of aryl methyl sites for hydroxylation is 2. The Balaban J connectivity index is 1.65. The number of nitrogens with zero attached hydrogens (tertiary/aromatic N) is 3. The summed E-state index contributed by atoms with van der Waals surface area (Å²) in [6.45, 7) is 2.97. The smallest absolute Gasteiger partial charge is 0.356 e. The van der Waals surface area contributed by atoms with E-state index in [9.17, 15) is 22.8 Å². The number of carbonyl (C=O) groups is 2. The summed E-state index contributed by atoms with van der Waals surface area (Å²) in [7, 11) is 0. The van der Waals surface area contributed by atoms with Gasteiger partial charge in [0.15, 0.2) is 0 Å². The number of aromatic nitrogens is 2. The molecule has 2 heterocycles. The minimum absolute atomic E-state index is 0.0748. The van der Waals surface area contributed by atoms with Crippen molar-refractivity contribution in [1.82, 2.24) is 20.0 Å². The largest absolute Gasteiger partial charge is 0.471 e. The maximum Gasteiger partial charge on any atom is 0.471 e. The van der Waals surface area contributed by atoms with Crippen molar-refractivity contribution in [2.75, 3.05) is 19.6 Å². The summed E-state index contributed by atoms with van der Waals surface area (Å²) in [6.07, 6.45) is -0.0338. The van der Waals surface area contributed by atoms with Crippen molar-refractivity contribution in [2.24, 2.45) is 5.92 Å². The van der Waals surface area contributed by atoms with Crippen LogP contribution in [0.15, 0.2) is 12.4 Å². The molecule has 0 radical (unpaired) electrons. The van der Waals surface area contributed by atoms with Crippen molar-refractivity contribution < 1.29 is 22.8 Å². The molecular weight excluding hydrogens is 325 g/mol. The first kappa shape index (κ1) is 18.3. The van der Waals surface area contributed by atoms with Gasteiger partial charge in [0.25, 0.3) is 0 Å². The van der Waals surface area contributed by atoms with Gasteiger partial charge in [-0.15, -0.1) is 0 Å². The lowest BCUT2D eigenvalue weighted by Crippen LogP contribution is -2.46. The van der Waals surface area contributed by atoms with Crippen LogP contribution in [0.3, 0.4) is 0 Å². The van der Waals surface area contributed by atoms with Gasteiger partial charge in [0.2, 0.25) is 5.91 Å². The minimum atomic E-state index is -4.81. The molecule has 0 atom stereocenters. The van der Waals surface area contributed by atoms with Crippen LogP contribution in [0.5, 0.6) is 0 Å². The van der Waals surface area contributed by atoms with Gasteiger partial charge >= 0.3 is 12.1 Å². The molecule has 24 heavy (non-hydrogen) atoms. The van der Waals surface area contributed by atoms with Crippen LogP contribution in [0, 0.1) is 12.8 Å². The third kappa shape index (κ3) is 5.24. The van der Waals surface area contributed by atoms with Gasteiger partial charge in [-0.3, -0.25) is 14.3 Å². The van der Waals surface area contributed by atoms with E-state index >= 15 is 0 Å². The van der Waals surface area contributed by atoms with E-state index < -0.39 is 12.1 Å². The SMILES string of the molecule is Cc1cnn(CCC(=O)NCC2CCN(C(=O)C(F)(F)F)CC2)c1. The molecule has 0 unspecified atom stereocenters. The topological polar surface area (TPSA) is 67.2 Å². The van der Waals surface area contributed by atoms with Crippen LogP contribution in [0.2, 0.25) is 0 Å². The highest BCUT2D eigenvalue weighted by Crippen LogP contribution is 2.23. The Morgan fingerprint density at radius 2 is 2.00 bits per heavy atom. The zero-order chi connectivity index (χ0) is 17.7. The molecule has 1 aromatic heterocycles. The van der Waals surface area contributed by atoms with E-state index in [-0.39, 0.29) is 24.9 Å². The predicted molar refractivity (Wildman–Crippen MR) is 79.9 cm³/mol. The average molecular weight is 346 g/mol. The standard InChI is InChI=1S/C15H21F3N4O2/c1-11-8-20-22(10-11)7-4-13(23)19-9-12-2-5-21(6-3-12)14(24)15(16,17)18/h8,10,12H,2-7,9H2,1H3,(H,19,23). The molecule has 1 fully saturated rings. The van der Waals surface area contributed by atoms with Crippen molar-refractivity contribution >= 4 is 11.8 Å². The molecule has 0 aromatic carbocycles. The molecule has 1 aliphatic heterocycles. The number of alkyl halides is 3. The monoisotopic (exact) mass is 346 g/mol. The lowest BCUT2D eigenvalue weighted by Gasteiger charge is -2.32. The third-order valence-corrected chi connectivity index (χ3v) is 4.06. The Kier molecular flexibility index (Phi) is 5.84. The first-order valence-corrected chi connectivity index (χ1v) is 7.87. The summed E-state index contributed by atoms with van der Waals surface area (Å²) in [5.41, 5.74) is 1.02. The second-order valence-electron chi connectivity index (χ2n) is 6.07. The fourth-order valence-corrected chi connectivity index (χ4v) is 2.67. The van der Waals surface area contributed by atoms with Crippen LogP contribution >= 0.6 is 0 Å². The van der Waals surface area contributed by atoms with Crippen molar-refractivity contribution in [2.45, 2.75) is 38.9 Å². The van der Waals surface area contributed by atoms with E-state index in [0.717, 1.165) is 10.5 Å². The predicted octanol–water partition coefficient (Wildman–Crippen LogP) is 1.50. The molecule has 2 rings (SSSR count). The van der Waals surface area contributed by atoms with E-state index in [1.807, 2.05) is 13.1 Å². The molecule has 1 aromatic rings. The highest BCUT2D eigenvalue weighted by molar-refractivity contribution is 5.81. The van der Waals surface area contributed by atoms with Crippen LogP contribution < -0.4 is 5.32 Å². The van der Waals surface area contributed by atoms with Crippen LogP contribution in [-0.4, -0.2) is 52.3 Å². The molecule has 0 bridgehead atoms. The highest BCUT2D eigenvalue weighted by Gasteiger charge is 2.43. The second kappa shape index (κ2) is 7.67. The quantitative estimate of drug-likeness (QED) is 0.879. The molecule has 1 aliphatic rings. The number of halogens is 3. The molecule has 6 nitrogen and oxygen atoms in total. The van der Waals surface area contributed by atoms with Crippen molar-refractivity contribution in [3.05, 3.63) is 18.0 Å². The number of nitrogens with one attached hydrogen (secondary N) is 1. The van der Waals surface area contributed by atoms with Crippen molar-refractivity contribution in [1.29, 1.82) is 0 Å². The number of carbonyl (C=O) groups excluding carboxylic acids is 2. The molecule has 2 amide bonds. The fraction of sp³-hybridized carbons (Fsp3) is 0.667. The van der Waals surface area contributed by atoms with Crippen molar-refractivity contribution in [3.8, 4) is 0 Å². The number of rotatable bonds is 5. The summed E-state index contributed by atoms with van der Waals surface area (Å²) in [6, 6.07) is 0. The lowest BCUT2D eigenvalue weighted by atomic mass is 9.96. The molecule has 9 heteroatoms. The third-order valence-electron chi connectivity index (χ3n) is 4.06. The Hall–Kier alpha value is -2.06. The van der Waals surface area contributed by atoms with Gasteiger partial charge in [0.1, 0.15) is 0 Å². The van der Waals surface area contributed by atoms with Gasteiger partial charge in [-0.05, 0) is 31.2 Å². The Labute approximate surface area is 138 Å². The van der Waals surface area contributed by atoms with Crippen LogP contribution in [0.1, 0.15) is 24.8 Å². The van der Waals surface area contributed by atoms with Gasteiger partial charge in [0.05, 0.1) is 6.20 Å². The number of piperidine rings is 1. The van der Waals surface area contributed by atoms with Gasteiger partial charge in [0, 0.05) is 38.8 Å². The Morgan fingerprint density at radius 1 is 1.33 bits per heavy atom. The zero-order valence-electron chi connectivity index (χ0n) is 13.5. The number of hydrogen-bond acceptors (Lipinski definition) is 3. The molecule has 1 saturated heterocycles. The summed E-state index contributed by atoms with van der Waals surface area (Å²) in [4.78, 5) is 23.8. The lowest BCUT2D eigenvalue weighted by molar-refractivity contribution is -0.186. The first-order chi connectivity index (χ1) is 11.3. The molecule has 1 N–H and O–H groups in total. The molecular formula is C15H21F3N4O2. The van der Waals surface area contributed by atoms with E-state index in [0.29, 0.717) is 32.4 Å². The van der Waals surface area contributed by atoms with Gasteiger partial charge in [-0.2, -0.15) is 18.3 Å². The summed E-state index contributed by atoms with van der Waals surface area (Å²) in [5, 5.41) is 6.89. The maximum atomic E-state index is 12.4. The van der Waals surface area contributed by atoms with E-state index in [2.05, 4.69) is 10.4 Å². The van der Waals surface area contributed by atoms with Crippen LogP contribution in [0.4, 0.5) is 13.2 Å². The van der Waals surface area contributed by atoms with Gasteiger partial charge in [-0.25, -0.2) is 0 Å². The maximum absolute atomic E-state index is 12.4. The van der Waals surface area contributed by atoms with Gasteiger partial charge in [-0.1, -0.05) is 0 Å². The molecule has 134 valence electrons. The van der Waals surface area contributed by atoms with Crippen LogP contribution in [0.25, 0.3) is 0 Å². The summed E-state index contributed by atoms with van der Waals surface area (Å²) >= 11 is 0. The van der Waals surface area contributed by atoms with Gasteiger partial charge < -0.3 is 10.2 Å². The fourth-order valence-electron chi connectivity index (χ4n) is 2.67. The number of likely N-dealkylation sites (tertiary alicyclic amines) is 1. The number of hydrogen-bond donors (Lipinski definition) is 1. The zero-order valence-corrected chi connectivity index (χ0v) is 13.5. The highest BCUT2D eigenvalue weighted by atomic mass is 19.4. The van der Waals surface area contributed by atoms with E-state index in [1.54, 1.807) is 10.9 Å². The molecule has 0 aliphatic carbocycles. The normalized spacial score (nSPS) is 16.2. The Morgan fingerprint density at radius 3 is 2.54 bits per heavy atom. The summed E-state index contributed by atoms with van der Waals surface area (Å²) < 4.78 is 38.8. The molecule has 0 spiro atoms. The average Bonchev–Trinajstić information content (AvgIpc) is 2.95.